The van der Waals surface area contributed by atoms with Gasteiger partial charge in [-0.2, -0.15) is 0 Å². The van der Waals surface area contributed by atoms with Crippen molar-refractivity contribution in [2.24, 2.45) is 5.92 Å². The molecule has 0 spiro atoms. The maximum absolute atomic E-state index is 11.4. The molecule has 3 amide bonds. The molecule has 3 N–H and O–H groups in total. The van der Waals surface area contributed by atoms with Crippen molar-refractivity contribution in [3.63, 3.8) is 0 Å². The van der Waals surface area contributed by atoms with E-state index in [0.717, 1.165) is 0 Å². The Labute approximate surface area is 125 Å². The van der Waals surface area contributed by atoms with Crippen LogP contribution in [0.3, 0.4) is 0 Å². The van der Waals surface area contributed by atoms with E-state index in [1.165, 1.54) is 0 Å². The average Bonchev–Trinajstić information content (AvgIpc) is 2.38. The highest BCUT2D eigenvalue weighted by Gasteiger charge is 2.07. The minimum Gasteiger partial charge on any atom is -0.481 e. The van der Waals surface area contributed by atoms with E-state index in [2.05, 4.69) is 24.5 Å². The molecular weight excluding hydrogens is 276 g/mol. The van der Waals surface area contributed by atoms with Crippen molar-refractivity contribution in [2.45, 2.75) is 46.0 Å². The second kappa shape index (κ2) is 12.1. The molecule has 0 radical (unpaired) electrons. The molecule has 0 saturated carbocycles. The van der Waals surface area contributed by atoms with Crippen LogP contribution in [0.25, 0.3) is 0 Å². The summed E-state index contributed by atoms with van der Waals surface area (Å²) in [7, 11) is 0. The van der Waals surface area contributed by atoms with Gasteiger partial charge in [0.2, 0.25) is 5.91 Å². The maximum Gasteiger partial charge on any atom is 0.321 e. The molecule has 7 heteroatoms. The van der Waals surface area contributed by atoms with Crippen LogP contribution in [0.5, 0.6) is 0 Å². The first-order chi connectivity index (χ1) is 9.91. The Kier molecular flexibility index (Phi) is 11.2. The lowest BCUT2D eigenvalue weighted by molar-refractivity contribution is -0.137. The summed E-state index contributed by atoms with van der Waals surface area (Å²) < 4.78 is 5.36. The Morgan fingerprint density at radius 3 is 2.38 bits per heavy atom. The SMILES string of the molecule is CC(C)COCCCNC(=O)NC(=O)CCCCC(=O)O. The van der Waals surface area contributed by atoms with Gasteiger partial charge in [0, 0.05) is 32.6 Å². The number of carboxylic acids is 1. The highest BCUT2D eigenvalue weighted by Crippen LogP contribution is 1.99. The molecular formula is C14H26N2O5. The third kappa shape index (κ3) is 14.6. The molecule has 0 bridgehead atoms. The normalized spacial score (nSPS) is 10.4. The fourth-order valence-electron chi connectivity index (χ4n) is 1.49. The minimum atomic E-state index is -0.882. The number of rotatable bonds is 11. The molecule has 0 atom stereocenters. The third-order valence-corrected chi connectivity index (χ3v) is 2.50. The van der Waals surface area contributed by atoms with Crippen LogP contribution in [0.4, 0.5) is 4.79 Å². The van der Waals surface area contributed by atoms with E-state index in [0.29, 0.717) is 44.9 Å². The number of unbranched alkanes of at least 4 members (excludes halogenated alkanes) is 1. The van der Waals surface area contributed by atoms with Gasteiger partial charge in [-0.3, -0.25) is 14.9 Å². The van der Waals surface area contributed by atoms with E-state index in [4.69, 9.17) is 9.84 Å². The number of amides is 3. The Bertz CT molecular complexity index is 331. The van der Waals surface area contributed by atoms with Crippen molar-refractivity contribution in [1.82, 2.24) is 10.6 Å². The maximum atomic E-state index is 11.4. The first kappa shape index (κ1) is 19.4. The zero-order valence-electron chi connectivity index (χ0n) is 12.8. The van der Waals surface area contributed by atoms with Crippen LogP contribution in [0.15, 0.2) is 0 Å². The van der Waals surface area contributed by atoms with E-state index >= 15 is 0 Å². The summed E-state index contributed by atoms with van der Waals surface area (Å²) in [6.45, 7) is 5.83. The van der Waals surface area contributed by atoms with Gasteiger partial charge in [0.15, 0.2) is 0 Å². The van der Waals surface area contributed by atoms with E-state index in [1.807, 2.05) is 0 Å². The van der Waals surface area contributed by atoms with Crippen LogP contribution in [-0.4, -0.2) is 42.8 Å². The lowest BCUT2D eigenvalue weighted by Crippen LogP contribution is -2.39. The molecule has 0 aromatic carbocycles. The molecule has 0 aliphatic heterocycles. The molecule has 0 aliphatic carbocycles. The molecule has 0 saturated heterocycles. The van der Waals surface area contributed by atoms with Gasteiger partial charge in [0.05, 0.1) is 0 Å². The van der Waals surface area contributed by atoms with Gasteiger partial charge in [-0.25, -0.2) is 4.79 Å². The first-order valence-corrected chi connectivity index (χ1v) is 7.29. The average molecular weight is 302 g/mol. The van der Waals surface area contributed by atoms with Gasteiger partial charge in [-0.05, 0) is 25.2 Å². The zero-order chi connectivity index (χ0) is 16.1. The Morgan fingerprint density at radius 1 is 1.10 bits per heavy atom. The van der Waals surface area contributed by atoms with Crippen molar-refractivity contribution >= 4 is 17.9 Å². The molecule has 122 valence electrons. The molecule has 21 heavy (non-hydrogen) atoms. The van der Waals surface area contributed by atoms with Gasteiger partial charge in [-0.1, -0.05) is 13.8 Å². The zero-order valence-corrected chi connectivity index (χ0v) is 12.8. The summed E-state index contributed by atoms with van der Waals surface area (Å²) >= 11 is 0. The van der Waals surface area contributed by atoms with E-state index < -0.39 is 17.9 Å². The standard InChI is InChI=1S/C14H26N2O5/c1-11(2)10-21-9-5-8-15-14(20)16-12(17)6-3-4-7-13(18)19/h11H,3-10H2,1-2H3,(H,18,19)(H2,15,16,17,20). The monoisotopic (exact) mass is 302 g/mol. The highest BCUT2D eigenvalue weighted by molar-refractivity contribution is 5.94. The van der Waals surface area contributed by atoms with E-state index in [9.17, 15) is 14.4 Å². The van der Waals surface area contributed by atoms with E-state index in [-0.39, 0.29) is 12.8 Å². The van der Waals surface area contributed by atoms with Gasteiger partial charge in [0.1, 0.15) is 0 Å². The number of carboxylic acid groups (broad SMARTS) is 1. The molecule has 0 aliphatic rings. The summed E-state index contributed by atoms with van der Waals surface area (Å²) in [5, 5.41) is 13.2. The van der Waals surface area contributed by atoms with Gasteiger partial charge in [-0.15, -0.1) is 0 Å². The highest BCUT2D eigenvalue weighted by atomic mass is 16.5. The van der Waals surface area contributed by atoms with Gasteiger partial charge >= 0.3 is 12.0 Å². The second-order valence-electron chi connectivity index (χ2n) is 5.23. The van der Waals surface area contributed by atoms with Crippen LogP contribution in [0.1, 0.15) is 46.0 Å². The van der Waals surface area contributed by atoms with Crippen LogP contribution in [-0.2, 0) is 14.3 Å². The Morgan fingerprint density at radius 2 is 1.76 bits per heavy atom. The lowest BCUT2D eigenvalue weighted by atomic mass is 10.2. The topological polar surface area (TPSA) is 105 Å². The molecule has 7 nitrogen and oxygen atoms in total. The molecule has 0 aromatic heterocycles. The fourth-order valence-corrected chi connectivity index (χ4v) is 1.49. The number of nitrogens with one attached hydrogen (secondary N) is 2. The van der Waals surface area contributed by atoms with Crippen LogP contribution in [0, 0.1) is 5.92 Å². The number of ether oxygens (including phenoxy) is 1. The van der Waals surface area contributed by atoms with Crippen molar-refractivity contribution in [3.8, 4) is 0 Å². The van der Waals surface area contributed by atoms with Crippen molar-refractivity contribution in [3.05, 3.63) is 0 Å². The quantitative estimate of drug-likeness (QED) is 0.502. The Balaban J connectivity index is 3.47. The second-order valence-corrected chi connectivity index (χ2v) is 5.23. The first-order valence-electron chi connectivity index (χ1n) is 7.29. The van der Waals surface area contributed by atoms with Crippen molar-refractivity contribution < 1.29 is 24.2 Å². The Hall–Kier alpha value is -1.63. The van der Waals surface area contributed by atoms with Gasteiger partial charge < -0.3 is 15.2 Å². The summed E-state index contributed by atoms with van der Waals surface area (Å²) in [6, 6.07) is -0.526. The van der Waals surface area contributed by atoms with Crippen LogP contribution in [0.2, 0.25) is 0 Å². The molecule has 0 aromatic rings. The van der Waals surface area contributed by atoms with Crippen LogP contribution < -0.4 is 10.6 Å². The third-order valence-electron chi connectivity index (χ3n) is 2.50. The summed E-state index contributed by atoms with van der Waals surface area (Å²) in [6.07, 6.45) is 1.76. The number of aliphatic carboxylic acids is 1. The molecule has 0 unspecified atom stereocenters. The smallest absolute Gasteiger partial charge is 0.321 e. The summed E-state index contributed by atoms with van der Waals surface area (Å²) in [5.41, 5.74) is 0. The van der Waals surface area contributed by atoms with Crippen molar-refractivity contribution in [1.29, 1.82) is 0 Å². The fraction of sp³-hybridized carbons (Fsp3) is 0.786. The van der Waals surface area contributed by atoms with Crippen LogP contribution >= 0.6 is 0 Å². The molecule has 0 fully saturated rings. The summed E-state index contributed by atoms with van der Waals surface area (Å²) in [4.78, 5) is 33.0. The number of imide groups is 1. The minimum absolute atomic E-state index is 0.0376. The van der Waals surface area contributed by atoms with Crippen molar-refractivity contribution in [2.75, 3.05) is 19.8 Å². The number of urea groups is 1. The van der Waals surface area contributed by atoms with E-state index in [1.54, 1.807) is 0 Å². The van der Waals surface area contributed by atoms with Gasteiger partial charge in [0.25, 0.3) is 0 Å². The lowest BCUT2D eigenvalue weighted by Gasteiger charge is -2.08. The molecule has 0 heterocycles. The number of carbonyl (C=O) groups excluding carboxylic acids is 2. The largest absolute Gasteiger partial charge is 0.481 e. The summed E-state index contributed by atoms with van der Waals surface area (Å²) in [5.74, 6) is -0.790. The number of hydrogen-bond acceptors (Lipinski definition) is 4. The number of carbonyl (C=O) groups is 3. The predicted octanol–water partition coefficient (Wildman–Crippen LogP) is 1.52. The molecule has 0 rings (SSSR count). The predicted molar refractivity (Wildman–Crippen MR) is 77.9 cm³/mol. The number of hydrogen-bond donors (Lipinski definition) is 3.